The molecule has 0 bridgehead atoms. The highest BCUT2D eigenvalue weighted by Gasteiger charge is 2.12. The maximum Gasteiger partial charge on any atom is 0.234 e. The Morgan fingerprint density at radius 3 is 2.72 bits per heavy atom. The largest absolute Gasteiger partial charge is 0.325 e. The zero-order valence-corrected chi connectivity index (χ0v) is 16.1. The average molecular weight is 418 g/mol. The van der Waals surface area contributed by atoms with Gasteiger partial charge in [-0.15, -0.1) is 5.10 Å². The van der Waals surface area contributed by atoms with E-state index in [1.165, 1.54) is 11.8 Å². The van der Waals surface area contributed by atoms with Gasteiger partial charge in [0.1, 0.15) is 0 Å². The van der Waals surface area contributed by atoms with Gasteiger partial charge in [0.2, 0.25) is 11.1 Å². The fourth-order valence-corrected chi connectivity index (χ4v) is 3.16. The normalized spacial score (nSPS) is 10.7. The molecule has 8 heteroatoms. The summed E-state index contributed by atoms with van der Waals surface area (Å²) in [6.07, 6.45) is 0. The van der Waals surface area contributed by atoms with Crippen LogP contribution in [0, 0.1) is 13.8 Å². The summed E-state index contributed by atoms with van der Waals surface area (Å²) in [6, 6.07) is 13.6. The van der Waals surface area contributed by atoms with Crippen molar-refractivity contribution in [3.8, 4) is 5.69 Å². The van der Waals surface area contributed by atoms with Crippen molar-refractivity contribution >= 4 is 39.3 Å². The standard InChI is InChI=1S/C17H16BrN5OS/c1-11-3-4-12(2)15(9-11)19-16(24)10-25-17-20-21-22-23(17)14-7-5-13(18)6-8-14/h3-9H,10H2,1-2H3,(H,19,24). The number of anilines is 1. The second-order valence-electron chi connectivity index (χ2n) is 5.50. The van der Waals surface area contributed by atoms with E-state index in [1.54, 1.807) is 4.68 Å². The summed E-state index contributed by atoms with van der Waals surface area (Å²) in [6.45, 7) is 3.96. The Hall–Kier alpha value is -2.19. The van der Waals surface area contributed by atoms with Crippen molar-refractivity contribution in [1.29, 1.82) is 0 Å². The molecule has 0 aliphatic carbocycles. The van der Waals surface area contributed by atoms with Gasteiger partial charge in [0.05, 0.1) is 11.4 Å². The third-order valence-corrected chi connectivity index (χ3v) is 4.96. The molecule has 6 nitrogen and oxygen atoms in total. The highest BCUT2D eigenvalue weighted by Crippen LogP contribution is 2.21. The third kappa shape index (κ3) is 4.46. The predicted molar refractivity (Wildman–Crippen MR) is 102 cm³/mol. The molecule has 0 aliphatic rings. The van der Waals surface area contributed by atoms with Crippen LogP contribution in [-0.4, -0.2) is 31.9 Å². The monoisotopic (exact) mass is 417 g/mol. The maximum atomic E-state index is 12.2. The number of aromatic nitrogens is 4. The van der Waals surface area contributed by atoms with E-state index in [1.807, 2.05) is 56.3 Å². The molecule has 1 N–H and O–H groups in total. The van der Waals surface area contributed by atoms with E-state index in [4.69, 9.17) is 0 Å². The van der Waals surface area contributed by atoms with Gasteiger partial charge in [-0.1, -0.05) is 39.8 Å². The smallest absolute Gasteiger partial charge is 0.234 e. The molecule has 1 aromatic heterocycles. The molecule has 0 unspecified atom stereocenters. The highest BCUT2D eigenvalue weighted by molar-refractivity contribution is 9.10. The van der Waals surface area contributed by atoms with Crippen LogP contribution in [0.1, 0.15) is 11.1 Å². The number of thioether (sulfide) groups is 1. The predicted octanol–water partition coefficient (Wildman–Crippen LogP) is 3.77. The Kier molecular flexibility index (Phi) is 5.50. The van der Waals surface area contributed by atoms with Gasteiger partial charge in [-0.2, -0.15) is 4.68 Å². The highest BCUT2D eigenvalue weighted by atomic mass is 79.9. The quantitative estimate of drug-likeness (QED) is 0.639. The second-order valence-corrected chi connectivity index (χ2v) is 7.36. The number of tetrazole rings is 1. The first-order valence-corrected chi connectivity index (χ1v) is 9.35. The summed E-state index contributed by atoms with van der Waals surface area (Å²) in [4.78, 5) is 12.2. The lowest BCUT2D eigenvalue weighted by molar-refractivity contribution is -0.113. The van der Waals surface area contributed by atoms with E-state index in [9.17, 15) is 4.79 Å². The number of benzene rings is 2. The van der Waals surface area contributed by atoms with Gasteiger partial charge < -0.3 is 5.32 Å². The van der Waals surface area contributed by atoms with Crippen molar-refractivity contribution in [3.05, 3.63) is 58.1 Å². The lowest BCUT2D eigenvalue weighted by Crippen LogP contribution is -2.15. The Balaban J connectivity index is 1.66. The van der Waals surface area contributed by atoms with Crippen LogP contribution in [0.4, 0.5) is 5.69 Å². The molecule has 0 atom stereocenters. The number of nitrogens with one attached hydrogen (secondary N) is 1. The molecule has 2 aromatic carbocycles. The zero-order chi connectivity index (χ0) is 17.8. The molecule has 128 valence electrons. The van der Waals surface area contributed by atoms with Gasteiger partial charge in [-0.25, -0.2) is 0 Å². The number of nitrogens with zero attached hydrogens (tertiary/aromatic N) is 4. The van der Waals surface area contributed by atoms with Crippen molar-refractivity contribution in [2.45, 2.75) is 19.0 Å². The van der Waals surface area contributed by atoms with Crippen LogP contribution in [0.25, 0.3) is 5.69 Å². The maximum absolute atomic E-state index is 12.2. The molecule has 1 heterocycles. The molecular weight excluding hydrogens is 402 g/mol. The summed E-state index contributed by atoms with van der Waals surface area (Å²) in [7, 11) is 0. The number of carbonyl (C=O) groups excluding carboxylic acids is 1. The van der Waals surface area contributed by atoms with Crippen molar-refractivity contribution in [3.63, 3.8) is 0 Å². The van der Waals surface area contributed by atoms with Crippen LogP contribution >= 0.6 is 27.7 Å². The molecule has 0 fully saturated rings. The Labute approximate surface area is 158 Å². The molecule has 25 heavy (non-hydrogen) atoms. The Morgan fingerprint density at radius 2 is 1.96 bits per heavy atom. The third-order valence-electron chi connectivity index (χ3n) is 3.51. The minimum Gasteiger partial charge on any atom is -0.325 e. The number of hydrogen-bond acceptors (Lipinski definition) is 5. The topological polar surface area (TPSA) is 72.7 Å². The molecule has 1 amide bonds. The van der Waals surface area contributed by atoms with Crippen molar-refractivity contribution in [2.75, 3.05) is 11.1 Å². The molecule has 3 rings (SSSR count). The first kappa shape index (κ1) is 17.6. The van der Waals surface area contributed by atoms with Crippen LogP contribution < -0.4 is 5.32 Å². The van der Waals surface area contributed by atoms with Gasteiger partial charge in [-0.3, -0.25) is 4.79 Å². The van der Waals surface area contributed by atoms with Gasteiger partial charge in [-0.05, 0) is 65.7 Å². The molecule has 0 spiro atoms. The van der Waals surface area contributed by atoms with E-state index in [0.29, 0.717) is 5.16 Å². The van der Waals surface area contributed by atoms with Crippen LogP contribution in [0.15, 0.2) is 52.1 Å². The number of carbonyl (C=O) groups is 1. The fourth-order valence-electron chi connectivity index (χ4n) is 2.20. The van der Waals surface area contributed by atoms with Gasteiger partial charge >= 0.3 is 0 Å². The second kappa shape index (κ2) is 7.79. The van der Waals surface area contributed by atoms with Gasteiger partial charge in [0, 0.05) is 10.2 Å². The van der Waals surface area contributed by atoms with E-state index < -0.39 is 0 Å². The van der Waals surface area contributed by atoms with Crippen molar-refractivity contribution in [2.24, 2.45) is 0 Å². The van der Waals surface area contributed by atoms with E-state index in [-0.39, 0.29) is 11.7 Å². The fraction of sp³-hybridized carbons (Fsp3) is 0.176. The van der Waals surface area contributed by atoms with Crippen molar-refractivity contribution < 1.29 is 4.79 Å². The lowest BCUT2D eigenvalue weighted by atomic mass is 10.1. The molecule has 0 saturated heterocycles. The molecule has 3 aromatic rings. The van der Waals surface area contributed by atoms with E-state index in [2.05, 4.69) is 36.8 Å². The summed E-state index contributed by atoms with van der Waals surface area (Å²) in [5.74, 6) is 0.133. The number of amides is 1. The summed E-state index contributed by atoms with van der Waals surface area (Å²) in [5, 5.41) is 15.2. The van der Waals surface area contributed by atoms with Gasteiger partial charge in [0.25, 0.3) is 0 Å². The van der Waals surface area contributed by atoms with Crippen LogP contribution in [0.3, 0.4) is 0 Å². The van der Waals surface area contributed by atoms with Gasteiger partial charge in [0.15, 0.2) is 0 Å². The Morgan fingerprint density at radius 1 is 1.20 bits per heavy atom. The van der Waals surface area contributed by atoms with Crippen molar-refractivity contribution in [1.82, 2.24) is 20.2 Å². The molecule has 0 radical (unpaired) electrons. The average Bonchev–Trinajstić information content (AvgIpc) is 3.05. The van der Waals surface area contributed by atoms with Crippen LogP contribution in [-0.2, 0) is 4.79 Å². The first-order valence-electron chi connectivity index (χ1n) is 7.57. The SMILES string of the molecule is Cc1ccc(C)c(NC(=O)CSc2nnnn2-c2ccc(Br)cc2)c1. The number of hydrogen-bond donors (Lipinski definition) is 1. The molecular formula is C17H16BrN5OS. The summed E-state index contributed by atoms with van der Waals surface area (Å²) >= 11 is 4.69. The number of rotatable bonds is 5. The number of aryl methyl sites for hydroxylation is 2. The van der Waals surface area contributed by atoms with Crippen LogP contribution in [0.2, 0.25) is 0 Å². The minimum absolute atomic E-state index is 0.0935. The number of halogens is 1. The van der Waals surface area contributed by atoms with Crippen LogP contribution in [0.5, 0.6) is 0 Å². The van der Waals surface area contributed by atoms with E-state index in [0.717, 1.165) is 27.0 Å². The van der Waals surface area contributed by atoms with E-state index >= 15 is 0 Å². The minimum atomic E-state index is -0.0935. The first-order chi connectivity index (χ1) is 12.0. The molecule has 0 aliphatic heterocycles. The lowest BCUT2D eigenvalue weighted by Gasteiger charge is -2.09. The summed E-state index contributed by atoms with van der Waals surface area (Å²) in [5.41, 5.74) is 3.81. The zero-order valence-electron chi connectivity index (χ0n) is 13.7. The Bertz CT molecular complexity index is 894. The molecule has 0 saturated carbocycles. The summed E-state index contributed by atoms with van der Waals surface area (Å²) < 4.78 is 2.59.